The van der Waals surface area contributed by atoms with E-state index < -0.39 is 10.0 Å². The minimum atomic E-state index is -3.63. The van der Waals surface area contributed by atoms with E-state index in [9.17, 15) is 8.42 Å². The maximum absolute atomic E-state index is 12.0. The van der Waals surface area contributed by atoms with Crippen LogP contribution in [0.25, 0.3) is 0 Å². The van der Waals surface area contributed by atoms with Crippen LogP contribution in [0, 0.1) is 0 Å². The Hall–Kier alpha value is -0.0400. The maximum atomic E-state index is 12.0. The lowest BCUT2D eigenvalue weighted by Crippen LogP contribution is -2.38. The maximum Gasteiger partial charge on any atom is 0.242 e. The largest absolute Gasteiger partial charge is 0.313 e. The van der Waals surface area contributed by atoms with Crippen molar-refractivity contribution in [3.8, 4) is 0 Å². The molecule has 19 heavy (non-hydrogen) atoms. The third-order valence-electron chi connectivity index (χ3n) is 2.31. The van der Waals surface area contributed by atoms with E-state index in [-0.39, 0.29) is 28.4 Å². The molecule has 0 aromatic heterocycles. The molecule has 1 aromatic rings. The van der Waals surface area contributed by atoms with Gasteiger partial charge in [-0.25, -0.2) is 13.1 Å². The summed E-state index contributed by atoms with van der Waals surface area (Å²) in [7, 11) is -3.63. The standard InChI is InChI=1S/C11H16Cl2N2O2S.ClH/c1-3-14-8(2)7-15-18(16,17)11-6-9(12)4-5-10(11)13;/h4-6,8,14-15H,3,7H2,1-2H3;1H/t8-;/m1./s1. The molecule has 1 rings (SSSR count). The average molecular weight is 348 g/mol. The molecule has 0 radical (unpaired) electrons. The normalized spacial score (nSPS) is 12.8. The molecule has 1 aromatic carbocycles. The van der Waals surface area contributed by atoms with Crippen LogP contribution in [0.2, 0.25) is 10.0 Å². The third kappa shape index (κ3) is 5.85. The summed E-state index contributed by atoms with van der Waals surface area (Å²) in [4.78, 5) is 0.000338. The quantitative estimate of drug-likeness (QED) is 0.832. The third-order valence-corrected chi connectivity index (χ3v) is 4.46. The number of halogens is 3. The summed E-state index contributed by atoms with van der Waals surface area (Å²) in [6.07, 6.45) is 0. The van der Waals surface area contributed by atoms with E-state index >= 15 is 0 Å². The molecule has 0 aliphatic carbocycles. The first-order valence-electron chi connectivity index (χ1n) is 5.55. The van der Waals surface area contributed by atoms with Gasteiger partial charge in [-0.1, -0.05) is 30.1 Å². The van der Waals surface area contributed by atoms with Gasteiger partial charge in [-0.05, 0) is 31.7 Å². The Morgan fingerprint density at radius 2 is 1.95 bits per heavy atom. The highest BCUT2D eigenvalue weighted by molar-refractivity contribution is 7.89. The van der Waals surface area contributed by atoms with E-state index in [0.29, 0.717) is 11.6 Å². The Kier molecular flexibility index (Phi) is 8.27. The second-order valence-corrected chi connectivity index (χ2v) is 6.46. The van der Waals surface area contributed by atoms with Crippen LogP contribution < -0.4 is 10.0 Å². The van der Waals surface area contributed by atoms with Crippen LogP contribution in [0.1, 0.15) is 13.8 Å². The number of hydrogen-bond acceptors (Lipinski definition) is 3. The molecule has 0 saturated heterocycles. The smallest absolute Gasteiger partial charge is 0.242 e. The summed E-state index contributed by atoms with van der Waals surface area (Å²) in [6.45, 7) is 4.92. The molecule has 0 saturated carbocycles. The summed E-state index contributed by atoms with van der Waals surface area (Å²) < 4.78 is 26.6. The van der Waals surface area contributed by atoms with Crippen LogP contribution in [-0.4, -0.2) is 27.5 Å². The molecule has 4 nitrogen and oxygen atoms in total. The van der Waals surface area contributed by atoms with E-state index in [4.69, 9.17) is 23.2 Å². The predicted molar refractivity (Wildman–Crippen MR) is 82.0 cm³/mol. The molecule has 0 unspecified atom stereocenters. The van der Waals surface area contributed by atoms with E-state index in [1.165, 1.54) is 12.1 Å². The predicted octanol–water partition coefficient (Wildman–Crippen LogP) is 2.69. The molecule has 2 N–H and O–H groups in total. The molecular weight excluding hydrogens is 331 g/mol. The Balaban J connectivity index is 0.00000324. The summed E-state index contributed by atoms with van der Waals surface area (Å²) in [5, 5.41) is 3.60. The Morgan fingerprint density at radius 3 is 2.53 bits per heavy atom. The van der Waals surface area contributed by atoms with E-state index in [1.807, 2.05) is 13.8 Å². The van der Waals surface area contributed by atoms with Gasteiger partial charge in [0.25, 0.3) is 0 Å². The minimum Gasteiger partial charge on any atom is -0.313 e. The lowest BCUT2D eigenvalue weighted by atomic mass is 10.3. The van der Waals surface area contributed by atoms with Gasteiger partial charge in [0.1, 0.15) is 4.90 Å². The monoisotopic (exact) mass is 346 g/mol. The van der Waals surface area contributed by atoms with Gasteiger partial charge in [0.05, 0.1) is 5.02 Å². The first-order chi connectivity index (χ1) is 8.36. The fourth-order valence-electron chi connectivity index (χ4n) is 1.42. The number of hydrogen-bond donors (Lipinski definition) is 2. The molecule has 1 atom stereocenters. The van der Waals surface area contributed by atoms with Gasteiger partial charge in [-0.2, -0.15) is 0 Å². The van der Waals surface area contributed by atoms with E-state index in [2.05, 4.69) is 10.0 Å². The molecule has 0 spiro atoms. The van der Waals surface area contributed by atoms with Gasteiger partial charge in [0, 0.05) is 17.6 Å². The number of sulfonamides is 1. The Labute approximate surface area is 130 Å². The lowest BCUT2D eigenvalue weighted by Gasteiger charge is -2.14. The second-order valence-electron chi connectivity index (χ2n) is 3.89. The first kappa shape index (κ1) is 19.0. The van der Waals surface area contributed by atoms with Crippen molar-refractivity contribution >= 4 is 45.6 Å². The molecule has 0 amide bonds. The summed E-state index contributed by atoms with van der Waals surface area (Å²) >= 11 is 11.6. The lowest BCUT2D eigenvalue weighted by molar-refractivity contribution is 0.536. The SMILES string of the molecule is CCN[C@H](C)CNS(=O)(=O)c1cc(Cl)ccc1Cl.Cl. The zero-order valence-corrected chi connectivity index (χ0v) is 13.8. The fourth-order valence-corrected chi connectivity index (χ4v) is 3.31. The molecule has 110 valence electrons. The van der Waals surface area contributed by atoms with Crippen molar-refractivity contribution in [3.63, 3.8) is 0 Å². The van der Waals surface area contributed by atoms with Crippen molar-refractivity contribution in [3.05, 3.63) is 28.2 Å². The van der Waals surface area contributed by atoms with Crippen molar-refractivity contribution in [2.45, 2.75) is 24.8 Å². The summed E-state index contributed by atoms with van der Waals surface area (Å²) in [5.41, 5.74) is 0. The van der Waals surface area contributed by atoms with Gasteiger partial charge >= 0.3 is 0 Å². The van der Waals surface area contributed by atoms with Crippen molar-refractivity contribution in [2.75, 3.05) is 13.1 Å². The van der Waals surface area contributed by atoms with Crippen LogP contribution >= 0.6 is 35.6 Å². The molecule has 0 aliphatic heterocycles. The first-order valence-corrected chi connectivity index (χ1v) is 7.79. The number of nitrogens with one attached hydrogen (secondary N) is 2. The topological polar surface area (TPSA) is 58.2 Å². The minimum absolute atomic E-state index is 0. The Bertz CT molecular complexity index is 509. The Morgan fingerprint density at radius 1 is 1.32 bits per heavy atom. The zero-order valence-electron chi connectivity index (χ0n) is 10.6. The van der Waals surface area contributed by atoms with E-state index in [0.717, 1.165) is 6.54 Å². The molecule has 0 fully saturated rings. The fraction of sp³-hybridized carbons (Fsp3) is 0.455. The molecule has 0 bridgehead atoms. The highest BCUT2D eigenvalue weighted by Gasteiger charge is 2.18. The molecule has 0 aliphatic rings. The van der Waals surface area contributed by atoms with Gasteiger partial charge in [0.15, 0.2) is 0 Å². The summed E-state index contributed by atoms with van der Waals surface area (Å²) in [5.74, 6) is 0. The van der Waals surface area contributed by atoms with Gasteiger partial charge in [-0.3, -0.25) is 0 Å². The number of likely N-dealkylation sites (N-methyl/N-ethyl adjacent to an activating group) is 1. The van der Waals surface area contributed by atoms with Gasteiger partial charge in [-0.15, -0.1) is 12.4 Å². The zero-order chi connectivity index (χ0) is 13.8. The average Bonchev–Trinajstić information content (AvgIpc) is 2.30. The van der Waals surface area contributed by atoms with Crippen molar-refractivity contribution in [1.29, 1.82) is 0 Å². The van der Waals surface area contributed by atoms with Crippen LogP contribution in [-0.2, 0) is 10.0 Å². The summed E-state index contributed by atoms with van der Waals surface area (Å²) in [6, 6.07) is 4.39. The highest BCUT2D eigenvalue weighted by atomic mass is 35.5. The molecule has 8 heteroatoms. The van der Waals surface area contributed by atoms with Gasteiger partial charge < -0.3 is 5.32 Å². The number of benzene rings is 1. The van der Waals surface area contributed by atoms with Crippen molar-refractivity contribution in [2.24, 2.45) is 0 Å². The van der Waals surface area contributed by atoms with E-state index in [1.54, 1.807) is 6.07 Å². The van der Waals surface area contributed by atoms with Crippen molar-refractivity contribution < 1.29 is 8.42 Å². The van der Waals surface area contributed by atoms with Gasteiger partial charge in [0.2, 0.25) is 10.0 Å². The van der Waals surface area contributed by atoms with Crippen LogP contribution in [0.3, 0.4) is 0 Å². The molecule has 0 heterocycles. The van der Waals surface area contributed by atoms with Crippen molar-refractivity contribution in [1.82, 2.24) is 10.0 Å². The highest BCUT2D eigenvalue weighted by Crippen LogP contribution is 2.24. The van der Waals surface area contributed by atoms with Crippen LogP contribution in [0.15, 0.2) is 23.1 Å². The second kappa shape index (κ2) is 8.29. The molecular formula is C11H17Cl3N2O2S. The number of rotatable bonds is 6. The van der Waals surface area contributed by atoms with Crippen LogP contribution in [0.5, 0.6) is 0 Å². The van der Waals surface area contributed by atoms with Crippen LogP contribution in [0.4, 0.5) is 0 Å².